The second kappa shape index (κ2) is 67.5. The SMILES string of the molecule is CC/C=C\C/C=C\C/C=C\C/C=C\C/C=C\CCCC(=O)OCC(COP(=O)(O)OCC(O)COP(=O)(O)OCC(COC(=O)CCCCCCC/C=C\C/C=C\CCC)OC(=O)CCCCCCC/C=C\CCCCCC)OC(=O)CCCCCCCCCCCCC. The van der Waals surface area contributed by atoms with Gasteiger partial charge in [-0.2, -0.15) is 0 Å². The van der Waals surface area contributed by atoms with E-state index in [1.807, 2.05) is 12.2 Å². The van der Waals surface area contributed by atoms with Crippen LogP contribution in [-0.2, 0) is 65.4 Å². The molecule has 0 saturated carbocycles. The Labute approximate surface area is 569 Å². The molecule has 0 rings (SSSR count). The Hall–Kier alpha value is -4.02. The second-order valence-corrected chi connectivity index (χ2v) is 27.1. The summed E-state index contributed by atoms with van der Waals surface area (Å²) in [6.07, 6.45) is 68.5. The van der Waals surface area contributed by atoms with Gasteiger partial charge >= 0.3 is 39.5 Å². The van der Waals surface area contributed by atoms with E-state index in [1.165, 1.54) is 64.2 Å². The zero-order valence-corrected chi connectivity index (χ0v) is 60.7. The van der Waals surface area contributed by atoms with Crippen molar-refractivity contribution in [1.29, 1.82) is 0 Å². The third-order valence-electron chi connectivity index (χ3n) is 15.0. The van der Waals surface area contributed by atoms with Crippen LogP contribution in [0, 0.1) is 0 Å². The molecule has 0 bridgehead atoms. The maximum atomic E-state index is 13.0. The standard InChI is InChI=1S/C75H130O17P2/c1-5-9-13-17-21-25-29-32-33-34-35-38-41-44-48-52-56-60-73(78)86-65-70(91-74(79)61-57-53-49-45-39-28-24-20-16-12-8-4)67-89-93(81,82)87-63-69(76)64-88-94(83,84)90-68-71(92-75(80)62-58-54-50-46-42-37-31-27-23-19-15-11-7-3)66-85-72(77)59-55-51-47-43-40-36-30-26-22-18-14-10-6-2/h9,13-14,18,21,25-27,30-33,35,38,44,48,69-71,76H,5-8,10-12,15-17,19-20,22-24,28-29,34,36-37,39-43,45-47,49-68H2,1-4H3,(H,81,82)(H,83,84)/b13-9-,18-14-,25-21-,30-26-,31-27-,33-32-,38-35-,48-44-. The highest BCUT2D eigenvalue weighted by Gasteiger charge is 2.30. The van der Waals surface area contributed by atoms with Crippen LogP contribution in [0.5, 0.6) is 0 Å². The van der Waals surface area contributed by atoms with Gasteiger partial charge in [-0.1, -0.05) is 253 Å². The van der Waals surface area contributed by atoms with Crippen molar-refractivity contribution in [2.45, 2.75) is 316 Å². The summed E-state index contributed by atoms with van der Waals surface area (Å²) in [4.78, 5) is 72.6. The predicted octanol–water partition coefficient (Wildman–Crippen LogP) is 20.4. The van der Waals surface area contributed by atoms with Crippen LogP contribution in [-0.4, -0.2) is 96.7 Å². The lowest BCUT2D eigenvalue weighted by Crippen LogP contribution is -2.30. The molecule has 0 aliphatic carbocycles. The molecule has 0 radical (unpaired) electrons. The van der Waals surface area contributed by atoms with Gasteiger partial charge in [-0.3, -0.25) is 37.3 Å². The fourth-order valence-corrected chi connectivity index (χ4v) is 11.0. The molecule has 0 saturated heterocycles. The van der Waals surface area contributed by atoms with Crippen molar-refractivity contribution in [1.82, 2.24) is 0 Å². The van der Waals surface area contributed by atoms with Crippen molar-refractivity contribution in [3.8, 4) is 0 Å². The maximum Gasteiger partial charge on any atom is 0.472 e. The molecule has 94 heavy (non-hydrogen) atoms. The van der Waals surface area contributed by atoms with Gasteiger partial charge in [0.1, 0.15) is 19.3 Å². The average Bonchev–Trinajstić information content (AvgIpc) is 1.32. The number of carbonyl (C=O) groups is 4. The van der Waals surface area contributed by atoms with Crippen LogP contribution in [0.4, 0.5) is 0 Å². The molecular weight excluding hydrogens is 1230 g/mol. The lowest BCUT2D eigenvalue weighted by molar-refractivity contribution is -0.161. The highest BCUT2D eigenvalue weighted by atomic mass is 31.2. The van der Waals surface area contributed by atoms with Gasteiger partial charge in [0.05, 0.1) is 26.4 Å². The Morgan fingerprint density at radius 3 is 0.957 bits per heavy atom. The fraction of sp³-hybridized carbons (Fsp3) is 0.733. The summed E-state index contributed by atoms with van der Waals surface area (Å²) in [6, 6.07) is 0. The molecule has 0 aromatic heterocycles. The number of esters is 4. The van der Waals surface area contributed by atoms with E-state index in [0.29, 0.717) is 32.1 Å². The predicted molar refractivity (Wildman–Crippen MR) is 381 cm³/mol. The minimum absolute atomic E-state index is 0.0814. The monoisotopic (exact) mass is 1360 g/mol. The summed E-state index contributed by atoms with van der Waals surface area (Å²) in [5.41, 5.74) is 0. The summed E-state index contributed by atoms with van der Waals surface area (Å²) in [6.45, 7) is 4.58. The normalized spacial score (nSPS) is 14.6. The van der Waals surface area contributed by atoms with Crippen molar-refractivity contribution in [3.63, 3.8) is 0 Å². The molecular formula is C75H130O17P2. The lowest BCUT2D eigenvalue weighted by atomic mass is 10.1. The number of aliphatic hydroxyl groups is 1. The van der Waals surface area contributed by atoms with Crippen LogP contribution in [0.2, 0.25) is 0 Å². The first-order valence-corrected chi connectivity index (χ1v) is 39.5. The number of phosphoric ester groups is 2. The Bertz CT molecular complexity index is 2170. The van der Waals surface area contributed by atoms with Crippen molar-refractivity contribution in [2.24, 2.45) is 0 Å². The van der Waals surface area contributed by atoms with E-state index >= 15 is 0 Å². The van der Waals surface area contributed by atoms with Gasteiger partial charge in [-0.05, 0) is 116 Å². The molecule has 0 fully saturated rings. The summed E-state index contributed by atoms with van der Waals surface area (Å²) < 4.78 is 68.2. The van der Waals surface area contributed by atoms with Gasteiger partial charge in [-0.25, -0.2) is 9.13 Å². The van der Waals surface area contributed by atoms with Crippen molar-refractivity contribution in [2.75, 3.05) is 39.6 Å². The third kappa shape index (κ3) is 66.6. The number of hydrogen-bond acceptors (Lipinski definition) is 15. The number of phosphoric acid groups is 2. The first kappa shape index (κ1) is 90.0. The zero-order chi connectivity index (χ0) is 69.0. The largest absolute Gasteiger partial charge is 0.472 e. The summed E-state index contributed by atoms with van der Waals surface area (Å²) in [5, 5.41) is 10.6. The van der Waals surface area contributed by atoms with E-state index in [2.05, 4.69) is 113 Å². The average molecular weight is 1370 g/mol. The quantitative estimate of drug-likeness (QED) is 0.0169. The van der Waals surface area contributed by atoms with Crippen molar-refractivity contribution < 1.29 is 80.2 Å². The lowest BCUT2D eigenvalue weighted by Gasteiger charge is -2.21. The zero-order valence-electron chi connectivity index (χ0n) is 58.9. The molecule has 0 amide bonds. The molecule has 0 aromatic rings. The number of rotatable bonds is 68. The first-order valence-electron chi connectivity index (χ1n) is 36.5. The van der Waals surface area contributed by atoms with Crippen LogP contribution in [0.1, 0.15) is 297 Å². The van der Waals surface area contributed by atoms with Gasteiger partial charge in [0.15, 0.2) is 12.2 Å². The van der Waals surface area contributed by atoms with Crippen molar-refractivity contribution in [3.05, 3.63) is 97.2 Å². The minimum Gasteiger partial charge on any atom is -0.462 e. The van der Waals surface area contributed by atoms with Gasteiger partial charge in [0.25, 0.3) is 0 Å². The summed E-state index contributed by atoms with van der Waals surface area (Å²) >= 11 is 0. The number of allylic oxidation sites excluding steroid dienone is 16. The van der Waals surface area contributed by atoms with E-state index in [9.17, 15) is 43.2 Å². The molecule has 0 aromatic carbocycles. The maximum absolute atomic E-state index is 13.0. The van der Waals surface area contributed by atoms with Crippen LogP contribution in [0.25, 0.3) is 0 Å². The fourth-order valence-electron chi connectivity index (χ4n) is 9.46. The Morgan fingerprint density at radius 1 is 0.309 bits per heavy atom. The van der Waals surface area contributed by atoms with Crippen LogP contribution in [0.3, 0.4) is 0 Å². The van der Waals surface area contributed by atoms with Crippen LogP contribution in [0.15, 0.2) is 97.2 Å². The molecule has 5 unspecified atom stereocenters. The topological polar surface area (TPSA) is 237 Å². The highest BCUT2D eigenvalue weighted by molar-refractivity contribution is 7.47. The van der Waals surface area contributed by atoms with E-state index in [-0.39, 0.29) is 25.7 Å². The van der Waals surface area contributed by atoms with Gasteiger partial charge < -0.3 is 33.8 Å². The van der Waals surface area contributed by atoms with Crippen LogP contribution < -0.4 is 0 Å². The molecule has 0 aliphatic rings. The van der Waals surface area contributed by atoms with Gasteiger partial charge in [-0.15, -0.1) is 0 Å². The highest BCUT2D eigenvalue weighted by Crippen LogP contribution is 2.45. The number of aliphatic hydroxyl groups excluding tert-OH is 1. The Kier molecular flexibility index (Phi) is 64.7. The van der Waals surface area contributed by atoms with E-state index in [4.69, 9.17) is 37.0 Å². The van der Waals surface area contributed by atoms with E-state index in [1.54, 1.807) is 0 Å². The number of carbonyl (C=O) groups excluding carboxylic acids is 4. The molecule has 17 nitrogen and oxygen atoms in total. The molecule has 0 spiro atoms. The van der Waals surface area contributed by atoms with Gasteiger partial charge in [0, 0.05) is 25.7 Å². The first-order chi connectivity index (χ1) is 45.7. The molecule has 19 heteroatoms. The molecule has 0 heterocycles. The summed E-state index contributed by atoms with van der Waals surface area (Å²) in [5.74, 6) is -2.26. The summed E-state index contributed by atoms with van der Waals surface area (Å²) in [7, 11) is -9.95. The molecule has 0 aliphatic heterocycles. The number of unbranched alkanes of at least 4 members (excludes halogenated alkanes) is 26. The second-order valence-electron chi connectivity index (χ2n) is 24.2. The van der Waals surface area contributed by atoms with E-state index < -0.39 is 97.5 Å². The number of ether oxygens (including phenoxy) is 4. The van der Waals surface area contributed by atoms with E-state index in [0.717, 1.165) is 148 Å². The number of hydrogen-bond donors (Lipinski definition) is 3. The molecule has 542 valence electrons. The smallest absolute Gasteiger partial charge is 0.462 e. The Balaban J connectivity index is 5.36. The van der Waals surface area contributed by atoms with Gasteiger partial charge in [0.2, 0.25) is 0 Å². The van der Waals surface area contributed by atoms with Crippen LogP contribution >= 0.6 is 15.6 Å². The molecule has 5 atom stereocenters. The molecule has 3 N–H and O–H groups in total. The third-order valence-corrected chi connectivity index (χ3v) is 16.9. The minimum atomic E-state index is -4.98. The van der Waals surface area contributed by atoms with Crippen molar-refractivity contribution >= 4 is 39.5 Å². The Morgan fingerprint density at radius 2 is 0.585 bits per heavy atom.